The zero-order valence-corrected chi connectivity index (χ0v) is 5.58. The van der Waals surface area contributed by atoms with Gasteiger partial charge in [0.25, 0.3) is 0 Å². The van der Waals surface area contributed by atoms with E-state index in [-0.39, 0.29) is 6.35 Å². The lowest BCUT2D eigenvalue weighted by Gasteiger charge is -2.02. The molecule has 0 bridgehead atoms. The Balaban J connectivity index is 3.36. The van der Waals surface area contributed by atoms with E-state index in [1.807, 2.05) is 0 Å². The molecule has 3 nitrogen and oxygen atoms in total. The molecule has 7 heavy (non-hydrogen) atoms. The van der Waals surface area contributed by atoms with Crippen LogP contribution >= 0.6 is 6.49 Å². The van der Waals surface area contributed by atoms with E-state index in [4.69, 9.17) is 9.79 Å². The van der Waals surface area contributed by atoms with Crippen LogP contribution in [0.1, 0.15) is 0 Å². The van der Waals surface area contributed by atoms with E-state index >= 15 is 0 Å². The van der Waals surface area contributed by atoms with Crippen LogP contribution in [0, 0.1) is 0 Å². The Morgan fingerprint density at radius 1 is 1.71 bits per heavy atom. The topological polar surface area (TPSA) is 49.7 Å². The molecule has 0 atom stereocenters. The fraction of sp³-hybridized carbons (Fsp3) is 1.00. The van der Waals surface area contributed by atoms with Crippen LogP contribution in [0.4, 0.5) is 0 Å². The highest BCUT2D eigenvalue weighted by Crippen LogP contribution is 2.33. The van der Waals surface area contributed by atoms with E-state index in [9.17, 15) is 0 Å². The Morgan fingerprint density at radius 3 is 2.14 bits per heavy atom. The first-order chi connectivity index (χ1) is 3.06. The summed E-state index contributed by atoms with van der Waals surface area (Å²) in [6.07, 6.45) is -0.123. The Hall–Kier alpha value is 0.530. The highest BCUT2D eigenvalue weighted by Gasteiger charge is 2.03. The molecule has 0 rings (SSSR count). The van der Waals surface area contributed by atoms with Gasteiger partial charge in [-0.05, 0) is 11.8 Å². The van der Waals surface area contributed by atoms with Crippen molar-refractivity contribution in [2.75, 3.05) is 13.5 Å². The molecule has 2 N–H and O–H groups in total. The molecule has 0 spiro atoms. The Morgan fingerprint density at radius 2 is 2.14 bits per heavy atom. The van der Waals surface area contributed by atoms with Crippen molar-refractivity contribution in [2.24, 2.45) is 0 Å². The summed E-state index contributed by atoms with van der Waals surface area (Å²) >= 11 is 4.18. The Labute approximate surface area is 47.1 Å². The van der Waals surface area contributed by atoms with Crippen molar-refractivity contribution >= 4 is 18.3 Å². The minimum atomic E-state index is -3.05. The van der Waals surface area contributed by atoms with Gasteiger partial charge in [0.15, 0.2) is 0 Å². The smallest absolute Gasteiger partial charge is 0.209 e. The van der Waals surface area contributed by atoms with Crippen molar-refractivity contribution in [3.8, 4) is 0 Å². The van der Waals surface area contributed by atoms with Gasteiger partial charge in [0, 0.05) is 7.11 Å². The minimum Gasteiger partial charge on any atom is -0.375 e. The molecule has 0 fully saturated rings. The summed E-state index contributed by atoms with van der Waals surface area (Å²) in [6, 6.07) is 0. The molecule has 0 aliphatic heterocycles. The molecule has 44 valence electrons. The molecule has 0 aromatic rings. The molecule has 0 heterocycles. The van der Waals surface area contributed by atoms with Crippen LogP contribution in [0.25, 0.3) is 0 Å². The van der Waals surface area contributed by atoms with Gasteiger partial charge < -0.3 is 14.5 Å². The predicted octanol–water partition coefficient (Wildman–Crippen LogP) is -0.116. The molecule has 0 saturated heterocycles. The lowest BCUT2D eigenvalue weighted by Crippen LogP contribution is -1.87. The van der Waals surface area contributed by atoms with Crippen molar-refractivity contribution in [1.82, 2.24) is 0 Å². The maximum atomic E-state index is 8.37. The average Bonchev–Trinajstić information content (AvgIpc) is 1.30. The quantitative estimate of drug-likeness (QED) is 0.528. The normalized spacial score (nSPS) is 11.9. The van der Waals surface area contributed by atoms with Gasteiger partial charge in [0.05, 0.1) is 0 Å². The molecule has 0 aliphatic rings. The van der Waals surface area contributed by atoms with E-state index in [0.29, 0.717) is 0 Å². The van der Waals surface area contributed by atoms with E-state index in [2.05, 4.69) is 16.5 Å². The lowest BCUT2D eigenvalue weighted by atomic mass is 11.5. The molecule has 0 amide bonds. The standard InChI is InChI=1S/C2H7O3PS/c1-5-2-6(3,4)7/h2H2,1H3,(H2,3,4,7). The summed E-state index contributed by atoms with van der Waals surface area (Å²) in [4.78, 5) is 16.7. The second-order valence-electron chi connectivity index (χ2n) is 1.08. The number of ether oxygens (including phenoxy) is 1. The van der Waals surface area contributed by atoms with Crippen LogP contribution in [0.5, 0.6) is 0 Å². The predicted molar refractivity (Wildman–Crippen MR) is 30.6 cm³/mol. The maximum Gasteiger partial charge on any atom is 0.209 e. The van der Waals surface area contributed by atoms with Crippen LogP contribution in [0.2, 0.25) is 0 Å². The number of hydrogen-bond donors (Lipinski definition) is 2. The van der Waals surface area contributed by atoms with E-state index in [1.165, 1.54) is 7.11 Å². The van der Waals surface area contributed by atoms with Crippen molar-refractivity contribution < 1.29 is 14.5 Å². The molecule has 0 saturated carbocycles. The molecule has 0 aliphatic carbocycles. The highest BCUT2D eigenvalue weighted by atomic mass is 32.5. The van der Waals surface area contributed by atoms with Gasteiger partial charge in [-0.3, -0.25) is 0 Å². The molecule has 0 aromatic carbocycles. The summed E-state index contributed by atoms with van der Waals surface area (Å²) in [5, 5.41) is 0. The number of hydrogen-bond acceptors (Lipinski definition) is 2. The van der Waals surface area contributed by atoms with Gasteiger partial charge in [-0.15, -0.1) is 0 Å². The van der Waals surface area contributed by atoms with Crippen LogP contribution < -0.4 is 0 Å². The molecule has 0 unspecified atom stereocenters. The van der Waals surface area contributed by atoms with Crippen molar-refractivity contribution in [3.63, 3.8) is 0 Å². The van der Waals surface area contributed by atoms with Gasteiger partial charge in [-0.1, -0.05) is 0 Å². The summed E-state index contributed by atoms with van der Waals surface area (Å²) in [6.45, 7) is -3.05. The summed E-state index contributed by atoms with van der Waals surface area (Å²) in [5.74, 6) is 0. The first-order valence-electron chi connectivity index (χ1n) is 1.60. The summed E-state index contributed by atoms with van der Waals surface area (Å²) in [7, 11) is 1.37. The first kappa shape index (κ1) is 7.53. The van der Waals surface area contributed by atoms with Gasteiger partial charge in [-0.2, -0.15) is 0 Å². The van der Waals surface area contributed by atoms with Gasteiger partial charge in [0.2, 0.25) is 6.49 Å². The van der Waals surface area contributed by atoms with Crippen molar-refractivity contribution in [3.05, 3.63) is 0 Å². The third-order valence-corrected chi connectivity index (χ3v) is 1.21. The monoisotopic (exact) mass is 142 g/mol. The fourth-order valence-electron chi connectivity index (χ4n) is 0.168. The van der Waals surface area contributed by atoms with Gasteiger partial charge >= 0.3 is 0 Å². The van der Waals surface area contributed by atoms with Crippen molar-refractivity contribution in [2.45, 2.75) is 0 Å². The zero-order chi connectivity index (χ0) is 5.91. The zero-order valence-electron chi connectivity index (χ0n) is 3.87. The SMILES string of the molecule is COCP(O)(O)=S. The van der Waals surface area contributed by atoms with Crippen LogP contribution in [0.15, 0.2) is 0 Å². The summed E-state index contributed by atoms with van der Waals surface area (Å²) in [5.41, 5.74) is 0. The van der Waals surface area contributed by atoms with E-state index in [1.54, 1.807) is 0 Å². The van der Waals surface area contributed by atoms with Crippen LogP contribution in [0.3, 0.4) is 0 Å². The molecule has 0 radical (unpaired) electrons. The van der Waals surface area contributed by atoms with Crippen LogP contribution in [-0.2, 0) is 16.5 Å². The molecular formula is C2H7O3PS. The third kappa shape index (κ3) is 6.53. The Bertz CT molecular complexity index is 86.9. The van der Waals surface area contributed by atoms with E-state index < -0.39 is 6.49 Å². The van der Waals surface area contributed by atoms with Crippen LogP contribution in [-0.4, -0.2) is 23.2 Å². The average molecular weight is 142 g/mol. The van der Waals surface area contributed by atoms with E-state index in [0.717, 1.165) is 0 Å². The van der Waals surface area contributed by atoms with Gasteiger partial charge in [0.1, 0.15) is 6.35 Å². The second-order valence-corrected chi connectivity index (χ2v) is 4.42. The third-order valence-electron chi connectivity index (χ3n) is 0.297. The number of rotatable bonds is 2. The van der Waals surface area contributed by atoms with Crippen molar-refractivity contribution in [1.29, 1.82) is 0 Å². The first-order valence-corrected chi connectivity index (χ1v) is 4.49. The molecule has 0 aromatic heterocycles. The van der Waals surface area contributed by atoms with Gasteiger partial charge in [-0.25, -0.2) is 0 Å². The number of methoxy groups -OCH3 is 1. The largest absolute Gasteiger partial charge is 0.375 e. The highest BCUT2D eigenvalue weighted by molar-refractivity contribution is 8.08. The summed E-state index contributed by atoms with van der Waals surface area (Å²) < 4.78 is 4.35. The molecule has 5 heteroatoms. The fourth-order valence-corrected chi connectivity index (χ4v) is 0.821. The second kappa shape index (κ2) is 2.74. The minimum absolute atomic E-state index is 0.123. The molecular weight excluding hydrogens is 135 g/mol. The maximum absolute atomic E-state index is 8.37. The lowest BCUT2D eigenvalue weighted by molar-refractivity contribution is 0.235. The Kier molecular flexibility index (Phi) is 2.95.